The Hall–Kier alpha value is -1.87. The number of amides is 4. The van der Waals surface area contributed by atoms with Gasteiger partial charge in [0.15, 0.2) is 0 Å². The predicted octanol–water partition coefficient (Wildman–Crippen LogP) is 2.23. The molecule has 0 aromatic rings. The van der Waals surface area contributed by atoms with Crippen LogP contribution >= 0.6 is 23.5 Å². The first kappa shape index (κ1) is 22.2. The van der Waals surface area contributed by atoms with E-state index in [1.54, 1.807) is 27.7 Å². The molecule has 0 aromatic heterocycles. The molecule has 7 nitrogen and oxygen atoms in total. The molecule has 1 aliphatic rings. The molecule has 1 heterocycles. The molecule has 1 rings (SSSR count). The Kier molecular flexibility index (Phi) is 7.83. The number of imide groups is 2. The van der Waals surface area contributed by atoms with Crippen LogP contribution in [0.2, 0.25) is 0 Å². The van der Waals surface area contributed by atoms with E-state index in [1.807, 2.05) is 0 Å². The van der Waals surface area contributed by atoms with Crippen LogP contribution in [0.1, 0.15) is 27.7 Å². The lowest BCUT2D eigenvalue weighted by molar-refractivity contribution is -0.143. The van der Waals surface area contributed by atoms with Crippen LogP contribution in [0.5, 0.6) is 0 Å². The largest absolute Gasteiger partial charge is 0.334 e. The molecule has 1 fully saturated rings. The number of carbonyl (C=O) groups excluding carboxylic acids is 5. The minimum Gasteiger partial charge on any atom is -0.282 e. The number of hydrogen-bond donors (Lipinski definition) is 0. The molecule has 1 aliphatic heterocycles. The van der Waals surface area contributed by atoms with E-state index in [4.69, 9.17) is 0 Å². The molecule has 4 amide bonds. The summed E-state index contributed by atoms with van der Waals surface area (Å²) in [6.45, 7) is 13.5. The van der Waals surface area contributed by atoms with Crippen LogP contribution < -0.4 is 0 Å². The summed E-state index contributed by atoms with van der Waals surface area (Å²) in [7, 11) is 0. The Morgan fingerprint density at radius 2 is 1.15 bits per heavy atom. The van der Waals surface area contributed by atoms with Gasteiger partial charge in [-0.25, -0.2) is 4.79 Å². The first-order valence-corrected chi connectivity index (χ1v) is 9.61. The second-order valence-electron chi connectivity index (χ2n) is 6.11. The third-order valence-electron chi connectivity index (χ3n) is 3.33. The fourth-order valence-corrected chi connectivity index (χ4v) is 3.61. The highest BCUT2D eigenvalue weighted by molar-refractivity contribution is 8.14. The van der Waals surface area contributed by atoms with Crippen molar-refractivity contribution in [2.45, 2.75) is 38.2 Å². The molecule has 0 spiro atoms. The van der Waals surface area contributed by atoms with Gasteiger partial charge in [0.2, 0.25) is 10.2 Å². The van der Waals surface area contributed by atoms with E-state index in [1.165, 1.54) is 0 Å². The van der Waals surface area contributed by atoms with E-state index in [9.17, 15) is 24.0 Å². The maximum Gasteiger partial charge on any atom is 0.334 e. The first-order chi connectivity index (χ1) is 12.0. The molecule has 0 N–H and O–H groups in total. The van der Waals surface area contributed by atoms with E-state index in [-0.39, 0.29) is 33.8 Å². The summed E-state index contributed by atoms with van der Waals surface area (Å²) >= 11 is 1.91. The Bertz CT molecular complexity index is 633. The summed E-state index contributed by atoms with van der Waals surface area (Å²) in [5.74, 6) is -1.85. The summed E-state index contributed by atoms with van der Waals surface area (Å²) in [5.41, 5.74) is 0.735. The third kappa shape index (κ3) is 5.57. The van der Waals surface area contributed by atoms with Crippen molar-refractivity contribution in [2.24, 2.45) is 0 Å². The molecule has 26 heavy (non-hydrogen) atoms. The van der Waals surface area contributed by atoms with Gasteiger partial charge < -0.3 is 0 Å². The van der Waals surface area contributed by atoms with Crippen LogP contribution in [0.4, 0.5) is 4.79 Å². The number of rotatable bonds is 8. The van der Waals surface area contributed by atoms with Crippen LogP contribution in [0.3, 0.4) is 0 Å². The fraction of sp³-hybridized carbons (Fsp3) is 0.471. The average molecular weight is 399 g/mol. The van der Waals surface area contributed by atoms with E-state index in [0.717, 1.165) is 33.3 Å². The standard InChI is InChI=1S/C17H22N2O5S2/c1-9(2)15(22)25-11(5)7-18-13(20)14(21)19(17(18)24)8-12(6)26-16(23)10(3)4/h11-12H,1,3,7-8H2,2,4-6H3. The highest BCUT2D eigenvalue weighted by atomic mass is 32.2. The van der Waals surface area contributed by atoms with Crippen molar-refractivity contribution in [2.75, 3.05) is 13.1 Å². The smallest absolute Gasteiger partial charge is 0.282 e. The Morgan fingerprint density at radius 1 is 0.846 bits per heavy atom. The molecular formula is C17H22N2O5S2. The lowest BCUT2D eigenvalue weighted by Gasteiger charge is -2.20. The Labute approximate surface area is 161 Å². The zero-order valence-electron chi connectivity index (χ0n) is 15.2. The SMILES string of the molecule is C=C(C)C(=O)SC(C)CN1C(=O)C(=O)N(CC(C)SC(=O)C(=C)C)C1=O. The third-order valence-corrected chi connectivity index (χ3v) is 5.56. The molecule has 0 aromatic carbocycles. The van der Waals surface area contributed by atoms with Gasteiger partial charge in [-0.2, -0.15) is 0 Å². The van der Waals surface area contributed by atoms with E-state index >= 15 is 0 Å². The number of nitrogens with zero attached hydrogens (tertiary/aromatic N) is 2. The van der Waals surface area contributed by atoms with Gasteiger partial charge in [0.25, 0.3) is 0 Å². The number of urea groups is 1. The quantitative estimate of drug-likeness (QED) is 0.352. The second-order valence-corrected chi connectivity index (χ2v) is 8.93. The van der Waals surface area contributed by atoms with Crippen molar-refractivity contribution in [3.63, 3.8) is 0 Å². The average Bonchev–Trinajstić information content (AvgIpc) is 2.72. The van der Waals surface area contributed by atoms with Crippen molar-refractivity contribution in [3.8, 4) is 0 Å². The molecule has 142 valence electrons. The van der Waals surface area contributed by atoms with E-state index in [0.29, 0.717) is 11.1 Å². The van der Waals surface area contributed by atoms with Gasteiger partial charge in [0.05, 0.1) is 0 Å². The van der Waals surface area contributed by atoms with Crippen molar-refractivity contribution in [1.29, 1.82) is 0 Å². The molecule has 9 heteroatoms. The topological polar surface area (TPSA) is 91.8 Å². The van der Waals surface area contributed by atoms with Crippen molar-refractivity contribution in [1.82, 2.24) is 9.80 Å². The Balaban J connectivity index is 2.74. The first-order valence-electron chi connectivity index (χ1n) is 7.86. The van der Waals surface area contributed by atoms with Gasteiger partial charge in [0.1, 0.15) is 0 Å². The van der Waals surface area contributed by atoms with Crippen LogP contribution in [-0.4, -0.2) is 61.5 Å². The van der Waals surface area contributed by atoms with Crippen molar-refractivity contribution < 1.29 is 24.0 Å². The summed E-state index contributed by atoms with van der Waals surface area (Å²) in [5, 5.41) is -1.22. The monoisotopic (exact) mass is 398 g/mol. The van der Waals surface area contributed by atoms with Gasteiger partial charge in [-0.05, 0) is 25.0 Å². The maximum absolute atomic E-state index is 12.4. The number of carbonyl (C=O) groups is 5. The number of hydrogen-bond acceptors (Lipinski definition) is 7. The molecule has 1 saturated heterocycles. The second kappa shape index (κ2) is 9.18. The molecule has 2 atom stereocenters. The minimum atomic E-state index is -0.923. The van der Waals surface area contributed by atoms with E-state index < -0.39 is 17.8 Å². The zero-order valence-corrected chi connectivity index (χ0v) is 16.9. The minimum absolute atomic E-state index is 0.0597. The van der Waals surface area contributed by atoms with E-state index in [2.05, 4.69) is 13.2 Å². The molecular weight excluding hydrogens is 376 g/mol. The lowest BCUT2D eigenvalue weighted by atomic mass is 10.4. The summed E-state index contributed by atoms with van der Waals surface area (Å²) in [6.07, 6.45) is 0. The van der Waals surface area contributed by atoms with Crippen LogP contribution in [-0.2, 0) is 19.2 Å². The normalized spacial score (nSPS) is 16.7. The fourth-order valence-electron chi connectivity index (χ4n) is 2.03. The maximum atomic E-state index is 12.4. The van der Waals surface area contributed by atoms with Crippen LogP contribution in [0.15, 0.2) is 24.3 Å². The Morgan fingerprint density at radius 3 is 1.42 bits per heavy atom. The van der Waals surface area contributed by atoms with Gasteiger partial charge >= 0.3 is 17.8 Å². The van der Waals surface area contributed by atoms with Gasteiger partial charge in [-0.15, -0.1) is 0 Å². The van der Waals surface area contributed by atoms with Crippen molar-refractivity contribution >= 4 is 51.6 Å². The number of thioether (sulfide) groups is 2. The summed E-state index contributed by atoms with van der Waals surface area (Å²) in [6, 6.07) is -0.731. The van der Waals surface area contributed by atoms with Crippen LogP contribution in [0.25, 0.3) is 0 Å². The molecule has 0 bridgehead atoms. The summed E-state index contributed by atoms with van der Waals surface area (Å²) in [4.78, 5) is 61.7. The highest BCUT2D eigenvalue weighted by Gasteiger charge is 2.45. The zero-order chi connectivity index (χ0) is 20.2. The van der Waals surface area contributed by atoms with Gasteiger partial charge in [0, 0.05) is 23.6 Å². The highest BCUT2D eigenvalue weighted by Crippen LogP contribution is 2.23. The summed E-state index contributed by atoms with van der Waals surface area (Å²) < 4.78 is 0. The molecule has 0 saturated carbocycles. The molecule has 0 radical (unpaired) electrons. The lowest BCUT2D eigenvalue weighted by Crippen LogP contribution is -2.39. The predicted molar refractivity (Wildman–Crippen MR) is 103 cm³/mol. The van der Waals surface area contributed by atoms with Gasteiger partial charge in [-0.1, -0.05) is 50.5 Å². The van der Waals surface area contributed by atoms with Gasteiger partial charge in [-0.3, -0.25) is 29.0 Å². The molecule has 2 unspecified atom stereocenters. The van der Waals surface area contributed by atoms with Crippen LogP contribution in [0, 0.1) is 0 Å². The molecule has 0 aliphatic carbocycles. The van der Waals surface area contributed by atoms with Crippen molar-refractivity contribution in [3.05, 3.63) is 24.3 Å².